The summed E-state index contributed by atoms with van der Waals surface area (Å²) in [6.45, 7) is 4.30. The summed E-state index contributed by atoms with van der Waals surface area (Å²) in [4.78, 5) is 4.64. The molecule has 1 heterocycles. The fourth-order valence-corrected chi connectivity index (χ4v) is 3.10. The second-order valence-electron chi connectivity index (χ2n) is 6.11. The van der Waals surface area contributed by atoms with Crippen LogP contribution in [-0.4, -0.2) is 30.8 Å². The average Bonchev–Trinajstić information content (AvgIpc) is 2.44. The first-order chi connectivity index (χ1) is 9.07. The highest BCUT2D eigenvalue weighted by molar-refractivity contribution is 5.27. The van der Waals surface area contributed by atoms with Crippen molar-refractivity contribution in [2.45, 2.75) is 57.1 Å². The number of hydrogen-bond acceptors (Lipinski definition) is 3. The van der Waals surface area contributed by atoms with Gasteiger partial charge >= 0.3 is 0 Å². The minimum atomic E-state index is -0.0972. The summed E-state index contributed by atoms with van der Waals surface area (Å²) in [6.07, 6.45) is 6.57. The van der Waals surface area contributed by atoms with Crippen molar-refractivity contribution in [3.63, 3.8) is 0 Å². The molecule has 0 bridgehead atoms. The minimum absolute atomic E-state index is 0.0972. The maximum absolute atomic E-state index is 5.59. The third-order valence-corrected chi connectivity index (χ3v) is 4.36. The molecule has 3 nitrogen and oxygen atoms in total. The minimum Gasteiger partial charge on any atom is -0.379 e. The number of methoxy groups -OCH3 is 1. The Morgan fingerprint density at radius 3 is 3.00 bits per heavy atom. The van der Waals surface area contributed by atoms with Crippen molar-refractivity contribution in [1.29, 1.82) is 0 Å². The SMILES string of the molecule is CNC(CC(C)(C)OC)C1CCCc2cccnc21. The normalized spacial score (nSPS) is 20.9. The summed E-state index contributed by atoms with van der Waals surface area (Å²) < 4.78 is 5.59. The summed E-state index contributed by atoms with van der Waals surface area (Å²) in [6, 6.07) is 4.70. The van der Waals surface area contributed by atoms with Crippen molar-refractivity contribution in [2.75, 3.05) is 14.2 Å². The predicted octanol–water partition coefficient (Wildman–Crippen LogP) is 2.90. The molecule has 19 heavy (non-hydrogen) atoms. The van der Waals surface area contributed by atoms with E-state index >= 15 is 0 Å². The van der Waals surface area contributed by atoms with Gasteiger partial charge in [0.1, 0.15) is 0 Å². The average molecular weight is 262 g/mol. The molecule has 106 valence electrons. The zero-order valence-electron chi connectivity index (χ0n) is 12.6. The molecule has 1 aromatic rings. The smallest absolute Gasteiger partial charge is 0.0637 e. The molecule has 0 spiro atoms. The number of nitrogens with zero attached hydrogens (tertiary/aromatic N) is 1. The van der Waals surface area contributed by atoms with Gasteiger partial charge in [-0.2, -0.15) is 0 Å². The summed E-state index contributed by atoms with van der Waals surface area (Å²) in [5.41, 5.74) is 2.62. The van der Waals surface area contributed by atoms with Crippen LogP contribution in [0.5, 0.6) is 0 Å². The van der Waals surface area contributed by atoms with Gasteiger partial charge in [0.15, 0.2) is 0 Å². The number of likely N-dealkylation sites (N-methyl/N-ethyl adjacent to an activating group) is 1. The number of aryl methyl sites for hydroxylation is 1. The lowest BCUT2D eigenvalue weighted by Crippen LogP contribution is -2.41. The summed E-state index contributed by atoms with van der Waals surface area (Å²) in [5.74, 6) is 0.504. The molecule has 0 aliphatic heterocycles. The highest BCUT2D eigenvalue weighted by Gasteiger charge is 2.32. The van der Waals surface area contributed by atoms with Crippen LogP contribution in [0, 0.1) is 0 Å². The standard InChI is InChI=1S/C16H26N2O/c1-16(2,19-4)11-14(17-3)13-9-5-7-12-8-6-10-18-15(12)13/h6,8,10,13-14,17H,5,7,9,11H2,1-4H3. The van der Waals surface area contributed by atoms with Crippen LogP contribution in [0.4, 0.5) is 0 Å². The van der Waals surface area contributed by atoms with E-state index in [1.54, 1.807) is 7.11 Å². The van der Waals surface area contributed by atoms with E-state index in [-0.39, 0.29) is 5.60 Å². The van der Waals surface area contributed by atoms with Gasteiger partial charge in [-0.3, -0.25) is 4.98 Å². The molecule has 0 radical (unpaired) electrons. The predicted molar refractivity (Wildman–Crippen MR) is 78.5 cm³/mol. The molecule has 2 atom stereocenters. The zero-order valence-corrected chi connectivity index (χ0v) is 12.6. The van der Waals surface area contributed by atoms with Crippen molar-refractivity contribution < 1.29 is 4.74 Å². The molecule has 3 heteroatoms. The van der Waals surface area contributed by atoms with E-state index in [2.05, 4.69) is 36.3 Å². The third kappa shape index (κ3) is 3.34. The largest absolute Gasteiger partial charge is 0.379 e. The van der Waals surface area contributed by atoms with Crippen molar-refractivity contribution in [3.8, 4) is 0 Å². The van der Waals surface area contributed by atoms with Gasteiger partial charge in [0.2, 0.25) is 0 Å². The Morgan fingerprint density at radius 1 is 1.53 bits per heavy atom. The van der Waals surface area contributed by atoms with E-state index in [4.69, 9.17) is 4.74 Å². The van der Waals surface area contributed by atoms with E-state index in [1.807, 2.05) is 13.2 Å². The molecule has 1 aromatic heterocycles. The van der Waals surface area contributed by atoms with E-state index in [1.165, 1.54) is 30.5 Å². The van der Waals surface area contributed by atoms with Gasteiger partial charge in [-0.25, -0.2) is 0 Å². The van der Waals surface area contributed by atoms with Crippen LogP contribution < -0.4 is 5.32 Å². The molecule has 2 rings (SSSR count). The van der Waals surface area contributed by atoms with E-state index in [0.717, 1.165) is 6.42 Å². The molecular weight excluding hydrogens is 236 g/mol. The summed E-state index contributed by atoms with van der Waals surface area (Å²) in [5, 5.41) is 3.48. The number of ether oxygens (including phenoxy) is 1. The van der Waals surface area contributed by atoms with Crippen LogP contribution in [0.2, 0.25) is 0 Å². The fourth-order valence-electron chi connectivity index (χ4n) is 3.10. The van der Waals surface area contributed by atoms with Gasteiger partial charge < -0.3 is 10.1 Å². The Kier molecular flexibility index (Phi) is 4.58. The maximum atomic E-state index is 5.59. The first-order valence-electron chi connectivity index (χ1n) is 7.23. The number of hydrogen-bond donors (Lipinski definition) is 1. The van der Waals surface area contributed by atoms with Gasteiger partial charge in [-0.05, 0) is 58.2 Å². The molecule has 0 saturated carbocycles. The first kappa shape index (κ1) is 14.5. The molecule has 1 aliphatic carbocycles. The first-order valence-corrected chi connectivity index (χ1v) is 7.23. The number of aromatic nitrogens is 1. The molecule has 0 aromatic carbocycles. The van der Waals surface area contributed by atoms with Gasteiger partial charge in [0, 0.05) is 31.0 Å². The van der Waals surface area contributed by atoms with Crippen molar-refractivity contribution in [1.82, 2.24) is 10.3 Å². The third-order valence-electron chi connectivity index (χ3n) is 4.36. The second-order valence-corrected chi connectivity index (χ2v) is 6.11. The second kappa shape index (κ2) is 6.02. The molecule has 0 amide bonds. The summed E-state index contributed by atoms with van der Waals surface area (Å²) >= 11 is 0. The van der Waals surface area contributed by atoms with E-state index in [9.17, 15) is 0 Å². The van der Waals surface area contributed by atoms with Crippen molar-refractivity contribution >= 4 is 0 Å². The highest BCUT2D eigenvalue weighted by Crippen LogP contribution is 2.35. The van der Waals surface area contributed by atoms with Gasteiger partial charge in [0.25, 0.3) is 0 Å². The Balaban J connectivity index is 2.20. The summed E-state index contributed by atoms with van der Waals surface area (Å²) in [7, 11) is 3.84. The van der Waals surface area contributed by atoms with Crippen LogP contribution in [0.3, 0.4) is 0 Å². The Labute approximate surface area is 116 Å². The van der Waals surface area contributed by atoms with E-state index in [0.29, 0.717) is 12.0 Å². The quantitative estimate of drug-likeness (QED) is 0.886. The fraction of sp³-hybridized carbons (Fsp3) is 0.688. The maximum Gasteiger partial charge on any atom is 0.0637 e. The van der Waals surface area contributed by atoms with Crippen molar-refractivity contribution in [2.24, 2.45) is 0 Å². The van der Waals surface area contributed by atoms with Crippen LogP contribution in [0.15, 0.2) is 18.3 Å². The van der Waals surface area contributed by atoms with Gasteiger partial charge in [0.05, 0.1) is 5.60 Å². The topological polar surface area (TPSA) is 34.1 Å². The zero-order chi connectivity index (χ0) is 13.9. The monoisotopic (exact) mass is 262 g/mol. The molecule has 2 unspecified atom stereocenters. The molecule has 1 aliphatic rings. The Hall–Kier alpha value is -0.930. The van der Waals surface area contributed by atoms with Crippen LogP contribution in [0.25, 0.3) is 0 Å². The van der Waals surface area contributed by atoms with Crippen molar-refractivity contribution in [3.05, 3.63) is 29.6 Å². The highest BCUT2D eigenvalue weighted by atomic mass is 16.5. The lowest BCUT2D eigenvalue weighted by molar-refractivity contribution is 0.00465. The number of rotatable bonds is 5. The number of pyridine rings is 1. The molecule has 0 saturated heterocycles. The molecule has 0 fully saturated rings. The molecule has 1 N–H and O–H groups in total. The lowest BCUT2D eigenvalue weighted by Gasteiger charge is -2.35. The van der Waals surface area contributed by atoms with Crippen LogP contribution >= 0.6 is 0 Å². The van der Waals surface area contributed by atoms with Gasteiger partial charge in [-0.1, -0.05) is 6.07 Å². The molecular formula is C16H26N2O. The Bertz CT molecular complexity index is 417. The number of nitrogens with one attached hydrogen (secondary N) is 1. The number of fused-ring (bicyclic) bond motifs is 1. The van der Waals surface area contributed by atoms with E-state index < -0.39 is 0 Å². The van der Waals surface area contributed by atoms with Gasteiger partial charge in [-0.15, -0.1) is 0 Å². The lowest BCUT2D eigenvalue weighted by atomic mass is 9.78. The Morgan fingerprint density at radius 2 is 2.32 bits per heavy atom. The van der Waals surface area contributed by atoms with Crippen LogP contribution in [0.1, 0.15) is 50.3 Å². The van der Waals surface area contributed by atoms with Crippen LogP contribution in [-0.2, 0) is 11.2 Å².